The van der Waals surface area contributed by atoms with Crippen molar-refractivity contribution in [3.05, 3.63) is 0 Å². The molecule has 11 heavy (non-hydrogen) atoms. The molecule has 3 heteroatoms. The SMILES string of the molecule is CC(C)(CBr)O[SiH2]C(C)(C)C. The molecule has 0 amide bonds. The predicted octanol–water partition coefficient (Wildman–Crippen LogP) is 2.48. The molecule has 0 N–H and O–H groups in total. The molecule has 0 rings (SSSR count). The second-order valence-corrected chi connectivity index (χ2v) is 8.00. The Morgan fingerprint density at radius 1 is 1.18 bits per heavy atom. The molecule has 0 saturated heterocycles. The van der Waals surface area contributed by atoms with Gasteiger partial charge in [0.2, 0.25) is 0 Å². The lowest BCUT2D eigenvalue weighted by atomic mass is 10.2. The first-order valence-electron chi connectivity index (χ1n) is 3.97. The standard InChI is InChI=1S/C8H19BrOSi/c1-7(2,3)11-10-8(4,5)6-9/h6,11H2,1-5H3. The van der Waals surface area contributed by atoms with E-state index in [0.29, 0.717) is 5.04 Å². The van der Waals surface area contributed by atoms with Crippen molar-refractivity contribution in [2.24, 2.45) is 0 Å². The molecule has 1 nitrogen and oxygen atoms in total. The van der Waals surface area contributed by atoms with Gasteiger partial charge in [0, 0.05) is 5.33 Å². The zero-order valence-electron chi connectivity index (χ0n) is 8.20. The Kier molecular flexibility index (Phi) is 4.30. The summed E-state index contributed by atoms with van der Waals surface area (Å²) in [7, 11) is -0.396. The van der Waals surface area contributed by atoms with Crippen LogP contribution in [0.4, 0.5) is 0 Å². The van der Waals surface area contributed by atoms with E-state index >= 15 is 0 Å². The lowest BCUT2D eigenvalue weighted by Gasteiger charge is -2.28. The summed E-state index contributed by atoms with van der Waals surface area (Å²) in [4.78, 5) is 0. The summed E-state index contributed by atoms with van der Waals surface area (Å²) in [5.41, 5.74) is 0.0273. The molecule has 0 aromatic heterocycles. The fourth-order valence-electron chi connectivity index (χ4n) is 0.450. The third-order valence-corrected chi connectivity index (χ3v) is 4.36. The highest BCUT2D eigenvalue weighted by Crippen LogP contribution is 2.23. The third-order valence-electron chi connectivity index (χ3n) is 1.22. The van der Waals surface area contributed by atoms with Crippen molar-refractivity contribution in [2.45, 2.75) is 45.3 Å². The van der Waals surface area contributed by atoms with Crippen molar-refractivity contribution in [1.82, 2.24) is 0 Å². The first-order valence-corrected chi connectivity index (χ1v) is 6.37. The maximum absolute atomic E-state index is 5.84. The van der Waals surface area contributed by atoms with Gasteiger partial charge in [-0.3, -0.25) is 0 Å². The van der Waals surface area contributed by atoms with Crippen molar-refractivity contribution in [3.63, 3.8) is 0 Å². The Labute approximate surface area is 81.0 Å². The summed E-state index contributed by atoms with van der Waals surface area (Å²) in [5, 5.41) is 1.32. The average Bonchev–Trinajstić information content (AvgIpc) is 1.83. The second-order valence-electron chi connectivity index (χ2n) is 4.74. The lowest BCUT2D eigenvalue weighted by molar-refractivity contribution is 0.138. The van der Waals surface area contributed by atoms with E-state index in [1.807, 2.05) is 0 Å². The van der Waals surface area contributed by atoms with Gasteiger partial charge in [0.15, 0.2) is 9.76 Å². The third kappa shape index (κ3) is 7.03. The van der Waals surface area contributed by atoms with E-state index in [4.69, 9.17) is 4.43 Å². The fraction of sp³-hybridized carbons (Fsp3) is 1.00. The molecular weight excluding hydrogens is 220 g/mol. The van der Waals surface area contributed by atoms with Crippen molar-refractivity contribution >= 4 is 25.7 Å². The van der Waals surface area contributed by atoms with Crippen LogP contribution in [0.15, 0.2) is 0 Å². The van der Waals surface area contributed by atoms with E-state index in [1.54, 1.807) is 0 Å². The van der Waals surface area contributed by atoms with Gasteiger partial charge < -0.3 is 4.43 Å². The van der Waals surface area contributed by atoms with Crippen LogP contribution in [-0.2, 0) is 4.43 Å². The van der Waals surface area contributed by atoms with Crippen LogP contribution in [0.25, 0.3) is 0 Å². The summed E-state index contributed by atoms with van der Waals surface area (Å²) >= 11 is 3.44. The van der Waals surface area contributed by atoms with E-state index < -0.39 is 9.76 Å². The molecule has 68 valence electrons. The Hall–Kier alpha value is 0.657. The van der Waals surface area contributed by atoms with Crippen LogP contribution in [0.1, 0.15) is 34.6 Å². The molecule has 0 aliphatic rings. The van der Waals surface area contributed by atoms with E-state index in [-0.39, 0.29) is 5.60 Å². The van der Waals surface area contributed by atoms with Crippen LogP contribution in [0, 0.1) is 0 Å². The molecule has 0 bridgehead atoms. The zero-order valence-corrected chi connectivity index (χ0v) is 11.2. The number of rotatable bonds is 3. The van der Waals surface area contributed by atoms with Crippen molar-refractivity contribution < 1.29 is 4.43 Å². The van der Waals surface area contributed by atoms with Gasteiger partial charge in [0.25, 0.3) is 0 Å². The number of alkyl halides is 1. The van der Waals surface area contributed by atoms with E-state index in [0.717, 1.165) is 5.33 Å². The van der Waals surface area contributed by atoms with Gasteiger partial charge in [0.1, 0.15) is 0 Å². The minimum atomic E-state index is -0.396. The van der Waals surface area contributed by atoms with Crippen LogP contribution >= 0.6 is 15.9 Å². The van der Waals surface area contributed by atoms with Gasteiger partial charge in [0.05, 0.1) is 5.60 Å². The number of halogens is 1. The second kappa shape index (κ2) is 4.05. The lowest BCUT2D eigenvalue weighted by Crippen LogP contribution is -2.31. The first-order chi connectivity index (χ1) is 4.77. The monoisotopic (exact) mass is 238 g/mol. The molecule has 0 aliphatic heterocycles. The van der Waals surface area contributed by atoms with Gasteiger partial charge >= 0.3 is 0 Å². The minimum absolute atomic E-state index is 0.0273. The number of hydrogen-bond acceptors (Lipinski definition) is 1. The van der Waals surface area contributed by atoms with Gasteiger partial charge in [-0.15, -0.1) is 0 Å². The van der Waals surface area contributed by atoms with E-state index in [9.17, 15) is 0 Å². The Morgan fingerprint density at radius 3 is 1.91 bits per heavy atom. The molecule has 0 aromatic rings. The van der Waals surface area contributed by atoms with Crippen molar-refractivity contribution in [3.8, 4) is 0 Å². The highest BCUT2D eigenvalue weighted by Gasteiger charge is 2.20. The molecule has 0 saturated carbocycles. The largest absolute Gasteiger partial charge is 0.418 e. The van der Waals surface area contributed by atoms with E-state index in [2.05, 4.69) is 50.5 Å². The first kappa shape index (κ1) is 11.7. The molecule has 0 aliphatic carbocycles. The highest BCUT2D eigenvalue weighted by molar-refractivity contribution is 9.09. The van der Waals surface area contributed by atoms with Gasteiger partial charge in [-0.05, 0) is 18.9 Å². The smallest absolute Gasteiger partial charge is 0.167 e. The van der Waals surface area contributed by atoms with Crippen LogP contribution < -0.4 is 0 Å². The van der Waals surface area contributed by atoms with Crippen LogP contribution in [0.3, 0.4) is 0 Å². The normalized spacial score (nSPS) is 14.7. The summed E-state index contributed by atoms with van der Waals surface area (Å²) in [6, 6.07) is 0. The zero-order chi connectivity index (χ0) is 9.12. The topological polar surface area (TPSA) is 9.23 Å². The fourth-order valence-corrected chi connectivity index (χ4v) is 1.84. The molecule has 0 radical (unpaired) electrons. The predicted molar refractivity (Wildman–Crippen MR) is 57.2 cm³/mol. The Balaban J connectivity index is 3.70. The quantitative estimate of drug-likeness (QED) is 0.543. The maximum atomic E-state index is 5.84. The van der Waals surface area contributed by atoms with Crippen LogP contribution in [0.5, 0.6) is 0 Å². The molecule has 0 heterocycles. The minimum Gasteiger partial charge on any atom is -0.418 e. The number of hydrogen-bond donors (Lipinski definition) is 0. The summed E-state index contributed by atoms with van der Waals surface area (Å²) in [5.74, 6) is 0. The van der Waals surface area contributed by atoms with Gasteiger partial charge in [-0.25, -0.2) is 0 Å². The van der Waals surface area contributed by atoms with Gasteiger partial charge in [-0.2, -0.15) is 0 Å². The highest BCUT2D eigenvalue weighted by atomic mass is 79.9. The molecule has 0 aromatic carbocycles. The Morgan fingerprint density at radius 2 is 1.64 bits per heavy atom. The molecular formula is C8H19BrOSi. The average molecular weight is 239 g/mol. The summed E-state index contributed by atoms with van der Waals surface area (Å²) in [6.45, 7) is 11.0. The summed E-state index contributed by atoms with van der Waals surface area (Å²) < 4.78 is 5.84. The Bertz CT molecular complexity index is 118. The van der Waals surface area contributed by atoms with Crippen molar-refractivity contribution in [1.29, 1.82) is 0 Å². The molecule has 0 fully saturated rings. The molecule has 0 atom stereocenters. The van der Waals surface area contributed by atoms with Crippen LogP contribution in [-0.4, -0.2) is 20.7 Å². The summed E-state index contributed by atoms with van der Waals surface area (Å²) in [6.07, 6.45) is 0. The maximum Gasteiger partial charge on any atom is 0.167 e. The molecule has 0 spiro atoms. The van der Waals surface area contributed by atoms with Crippen molar-refractivity contribution in [2.75, 3.05) is 5.33 Å². The van der Waals surface area contributed by atoms with Crippen LogP contribution in [0.2, 0.25) is 5.04 Å². The van der Waals surface area contributed by atoms with E-state index in [1.165, 1.54) is 0 Å². The van der Waals surface area contributed by atoms with Gasteiger partial charge in [-0.1, -0.05) is 36.7 Å². The molecule has 0 unspecified atom stereocenters.